The van der Waals surface area contributed by atoms with Gasteiger partial charge in [0.05, 0.1) is 55.6 Å². The summed E-state index contributed by atoms with van der Waals surface area (Å²) >= 11 is 0. The average molecular weight is 1210 g/mol. The summed E-state index contributed by atoms with van der Waals surface area (Å²) in [5.41, 5.74) is -1.01. The first-order chi connectivity index (χ1) is 38.4. The van der Waals surface area contributed by atoms with Gasteiger partial charge in [-0.15, -0.1) is 0 Å². The van der Waals surface area contributed by atoms with Gasteiger partial charge in [-0.1, -0.05) is 51.0 Å². The van der Waals surface area contributed by atoms with E-state index in [9.17, 15) is 63.4 Å². The number of rotatable bonds is 17. The van der Waals surface area contributed by atoms with Gasteiger partial charge in [0.1, 0.15) is 72.7 Å². The number of ether oxygens (including phenoxy) is 10. The van der Waals surface area contributed by atoms with E-state index in [-0.39, 0.29) is 78.3 Å². The quantitative estimate of drug-likeness (QED) is 0.0262. The summed E-state index contributed by atoms with van der Waals surface area (Å²) in [6, 6.07) is 0. The molecule has 8 fully saturated rings. The van der Waals surface area contributed by atoms with Crippen LogP contribution in [0.3, 0.4) is 0 Å². The number of aliphatic hydroxyl groups excluding tert-OH is 8. The fourth-order valence-corrected chi connectivity index (χ4v) is 17.5. The molecule has 8 N–H and O–H groups in total. The Morgan fingerprint density at radius 3 is 2.13 bits per heavy atom. The summed E-state index contributed by atoms with van der Waals surface area (Å²) in [5.74, 6) is -2.27. The van der Waals surface area contributed by atoms with Crippen LogP contribution in [-0.2, 0) is 71.5 Å². The molecule has 27 atom stereocenters. The molecule has 26 heteroatoms. The molecule has 0 bridgehead atoms. The van der Waals surface area contributed by atoms with E-state index in [4.69, 9.17) is 51.6 Å². The van der Waals surface area contributed by atoms with E-state index in [0.29, 0.717) is 51.4 Å². The van der Waals surface area contributed by atoms with Crippen LogP contribution < -0.4 is 29.6 Å². The largest absolute Gasteiger partial charge is 1.00 e. The van der Waals surface area contributed by atoms with Crippen LogP contribution in [0.2, 0.25) is 0 Å². The predicted molar refractivity (Wildman–Crippen MR) is 282 cm³/mol. The van der Waals surface area contributed by atoms with Crippen LogP contribution in [0, 0.1) is 51.2 Å². The minimum Gasteiger partial charge on any atom is -0.726 e. The zero-order valence-corrected chi connectivity index (χ0v) is 52.5. The zero-order chi connectivity index (χ0) is 60.0. The Morgan fingerprint density at radius 1 is 0.807 bits per heavy atom. The van der Waals surface area contributed by atoms with E-state index in [0.717, 1.165) is 5.57 Å². The molecular weight excluding hydrogens is 1120 g/mol. The summed E-state index contributed by atoms with van der Waals surface area (Å²) in [6.07, 6.45) is -16.2. The van der Waals surface area contributed by atoms with Gasteiger partial charge in [0.25, 0.3) is 0 Å². The molecule has 4 saturated heterocycles. The van der Waals surface area contributed by atoms with Crippen molar-refractivity contribution in [3.63, 3.8) is 0 Å². The number of allylic oxidation sites excluding steroid dienone is 4. The molecule has 4 heterocycles. The van der Waals surface area contributed by atoms with E-state index in [1.54, 1.807) is 0 Å². The zero-order valence-electron chi connectivity index (χ0n) is 49.6. The van der Waals surface area contributed by atoms with E-state index in [2.05, 4.69) is 39.8 Å². The number of esters is 2. The molecule has 83 heavy (non-hydrogen) atoms. The third kappa shape index (κ3) is 12.3. The number of hydrogen-bond donors (Lipinski definition) is 8. The van der Waals surface area contributed by atoms with Crippen LogP contribution in [0.25, 0.3) is 0 Å². The maximum Gasteiger partial charge on any atom is 1.00 e. The number of carbonyl (C=O) groups is 2. The van der Waals surface area contributed by atoms with E-state index in [1.165, 1.54) is 26.5 Å². The van der Waals surface area contributed by atoms with Crippen LogP contribution in [0.4, 0.5) is 0 Å². The van der Waals surface area contributed by atoms with E-state index >= 15 is 0 Å². The normalized spacial score (nSPS) is 48.5. The summed E-state index contributed by atoms with van der Waals surface area (Å²) in [7, 11) is -4.09. The molecule has 5 aliphatic carbocycles. The first-order valence-corrected chi connectivity index (χ1v) is 30.5. The second-order valence-corrected chi connectivity index (χ2v) is 27.5. The van der Waals surface area contributed by atoms with E-state index < -0.39 is 174 Å². The third-order valence-electron chi connectivity index (χ3n) is 21.0. The molecule has 9 rings (SSSR count). The van der Waals surface area contributed by atoms with Crippen molar-refractivity contribution in [2.24, 2.45) is 51.2 Å². The van der Waals surface area contributed by atoms with Crippen molar-refractivity contribution in [3.05, 3.63) is 23.3 Å². The van der Waals surface area contributed by atoms with Gasteiger partial charge in [0, 0.05) is 37.9 Å². The van der Waals surface area contributed by atoms with Gasteiger partial charge in [-0.2, -0.15) is 0 Å². The van der Waals surface area contributed by atoms with Crippen molar-refractivity contribution in [1.82, 2.24) is 0 Å². The van der Waals surface area contributed by atoms with E-state index in [1.807, 2.05) is 20.8 Å². The maximum absolute atomic E-state index is 14.7. The topological polar surface area (TPSA) is 355 Å². The van der Waals surface area contributed by atoms with Gasteiger partial charge in [0.15, 0.2) is 18.9 Å². The Bertz CT molecular complexity index is 2480. The number of cyclic esters (lactones) is 1. The summed E-state index contributed by atoms with van der Waals surface area (Å²) in [4.78, 5) is 27.4. The Morgan fingerprint density at radius 2 is 1.48 bits per heavy atom. The minimum absolute atomic E-state index is 0. The van der Waals surface area contributed by atoms with Crippen molar-refractivity contribution >= 4 is 22.3 Å². The number of hydrogen-bond acceptors (Lipinski definition) is 24. The molecule has 0 radical (unpaired) electrons. The molecule has 4 aliphatic heterocycles. The van der Waals surface area contributed by atoms with Gasteiger partial charge in [-0.05, 0) is 108 Å². The number of carbonyl (C=O) groups excluding carboxylic acids is 2. The average Bonchev–Trinajstić information content (AvgIpc) is 1.65. The first-order valence-electron chi connectivity index (χ1n) is 29.1. The SMILES string of the molecule is CO[C@H]1[C@H](O)[C@@H](CO)C[C@@H](CO[C@@H]2[C@@H](O)[C@H](O[C@H]3[C@H](O)[C@@H](O)[C@H](O[C@H]4[C@H](OC5CC[C@@]6(C)C7CCC89C(=O)O[C@@](C)(CCC=C(C)C)[C@H]8C(OC(C)=O)C[C@@]9(C)C7=CCC6C5(C)C)OC[C@@H](OS(=O)(=O)[O-])[C@@H]4O)O[C@@H]3C)OC[C@H]2O)[C@@H]1O.[Na+]. The molecular formula is C57H89NaO24S. The second kappa shape index (κ2) is 25.5. The van der Waals surface area contributed by atoms with Gasteiger partial charge < -0.3 is 92.8 Å². The van der Waals surface area contributed by atoms with Crippen LogP contribution in [-0.4, -0.2) is 215 Å². The van der Waals surface area contributed by atoms with Gasteiger partial charge in [0.2, 0.25) is 10.4 Å². The van der Waals surface area contributed by atoms with Crippen LogP contribution in [0.5, 0.6) is 0 Å². The Kier molecular flexibility index (Phi) is 20.8. The summed E-state index contributed by atoms with van der Waals surface area (Å²) < 4.78 is 101. The number of aliphatic hydroxyl groups is 8. The molecule has 0 aromatic rings. The maximum atomic E-state index is 14.7. The molecule has 9 aliphatic rings. The third-order valence-corrected chi connectivity index (χ3v) is 21.5. The van der Waals surface area contributed by atoms with Crippen molar-refractivity contribution in [1.29, 1.82) is 0 Å². The number of fused-ring (bicyclic) bond motifs is 4. The fraction of sp³-hybridized carbons (Fsp3) is 0.895. The first kappa shape index (κ1) is 67.6. The van der Waals surface area contributed by atoms with Gasteiger partial charge in [-0.3, -0.25) is 13.8 Å². The summed E-state index contributed by atoms with van der Waals surface area (Å²) in [6.45, 7) is 15.9. The van der Waals surface area contributed by atoms with Crippen molar-refractivity contribution in [2.45, 2.75) is 236 Å². The molecule has 24 nitrogen and oxygen atoms in total. The molecule has 4 saturated carbocycles. The van der Waals surface area contributed by atoms with Crippen LogP contribution in [0.1, 0.15) is 120 Å². The summed E-state index contributed by atoms with van der Waals surface area (Å²) in [5, 5.41) is 88.7. The minimum atomic E-state index is -5.40. The van der Waals surface area contributed by atoms with Gasteiger partial charge in [-0.25, -0.2) is 8.42 Å². The van der Waals surface area contributed by atoms with Crippen molar-refractivity contribution in [2.75, 3.05) is 33.5 Å². The predicted octanol–water partition coefficient (Wildman–Crippen LogP) is -1.81. The van der Waals surface area contributed by atoms with Crippen molar-refractivity contribution < 1.29 is 145 Å². The number of methoxy groups -OCH3 is 1. The molecule has 0 aromatic carbocycles. The second-order valence-electron chi connectivity index (χ2n) is 26.5. The molecule has 0 aromatic heterocycles. The Balaban J connectivity index is 0.00000900. The van der Waals surface area contributed by atoms with Gasteiger partial charge >= 0.3 is 41.5 Å². The Hall–Kier alpha value is -1.35. The molecule has 1 spiro atoms. The Labute approximate surface area is 508 Å². The smallest absolute Gasteiger partial charge is 0.726 e. The van der Waals surface area contributed by atoms with Crippen LogP contribution in [0.15, 0.2) is 23.3 Å². The molecule has 5 unspecified atom stereocenters. The molecule has 468 valence electrons. The monoisotopic (exact) mass is 1210 g/mol. The van der Waals surface area contributed by atoms with Crippen molar-refractivity contribution in [3.8, 4) is 0 Å². The standard InChI is InChI=1S/C57H90O24S.Na/c1-26(2)12-11-17-56(9)48-34(76-28(4)59)21-55(8)32-13-14-36-53(5,6)37(16-18-54(36,7)31(32)15-19-57(48,55)52(67)80-56)77-51-47(40(63)35(25-74-51)81-82(68,69)70)79-50-42(65)41(64)44(27(3)75-50)78-49-43(66)45(33(60)24-73-49)72-23-30-20-29(22-58)38(61)46(71-10)39(30)62;/h12-13,27,29-31,33-51,58,60-66H,11,14-25H2,1-10H3,(H,68,69,70);/q;+1/p-1/t27-,29-,30+,31?,33-,34?,35-,36?,37?,38-,39+,40+,41-,42-,43-,44-,45+,46+,47-,48-,49+,50+,51+,54+,55+,56+,57?;/m1./s1. The molecule has 0 amide bonds. The van der Waals surface area contributed by atoms with Crippen LogP contribution >= 0.6 is 0 Å². The fourth-order valence-electron chi connectivity index (χ4n) is 17.0.